The molecule has 1 aromatic rings. The smallest absolute Gasteiger partial charge is 0.316 e. The highest BCUT2D eigenvalue weighted by molar-refractivity contribution is 5.85. The molecule has 3 N–H and O–H groups in total. The van der Waals surface area contributed by atoms with Crippen LogP contribution in [0.4, 0.5) is 0 Å². The number of aliphatic carboxylic acids is 1. The fourth-order valence-electron chi connectivity index (χ4n) is 2.95. The van der Waals surface area contributed by atoms with Crippen molar-refractivity contribution >= 4 is 11.7 Å². The first kappa shape index (κ1) is 16.5. The fourth-order valence-corrected chi connectivity index (χ4v) is 2.95. The van der Waals surface area contributed by atoms with E-state index in [9.17, 15) is 9.90 Å². The maximum atomic E-state index is 11.8. The summed E-state index contributed by atoms with van der Waals surface area (Å²) in [7, 11) is 0. The molecule has 1 saturated carbocycles. The van der Waals surface area contributed by atoms with Gasteiger partial charge in [-0.05, 0) is 51.1 Å². The number of carbonyl (C=O) groups is 1. The Balaban J connectivity index is 2.22. The van der Waals surface area contributed by atoms with Crippen molar-refractivity contribution < 1.29 is 9.90 Å². The quantitative estimate of drug-likeness (QED) is 0.759. The summed E-state index contributed by atoms with van der Waals surface area (Å²) >= 11 is 0. The van der Waals surface area contributed by atoms with Gasteiger partial charge in [-0.3, -0.25) is 4.79 Å². The number of imidazole rings is 1. The standard InChI is InChI=1S/C17H25N3O2/c1-4-5-6-13(3)20-10-15(19-11-20)17(16(21)22)8-14(17)7-12(2)9-18/h4-6,10-12,14H,7-9,18H2,1-3H3,(H,21,22)/b5-4-,13-6+. The zero-order valence-electron chi connectivity index (χ0n) is 13.5. The second-order valence-corrected chi connectivity index (χ2v) is 6.25. The summed E-state index contributed by atoms with van der Waals surface area (Å²) in [5.74, 6) is -0.307. The third-order valence-electron chi connectivity index (χ3n) is 4.55. The summed E-state index contributed by atoms with van der Waals surface area (Å²) in [4.78, 5) is 16.2. The number of rotatable bonds is 7. The van der Waals surface area contributed by atoms with Crippen LogP contribution >= 0.6 is 0 Å². The molecule has 3 atom stereocenters. The number of carboxylic acid groups (broad SMARTS) is 1. The lowest BCUT2D eigenvalue weighted by atomic mass is 9.94. The van der Waals surface area contributed by atoms with Crippen molar-refractivity contribution in [2.24, 2.45) is 17.6 Å². The molecular formula is C17H25N3O2. The molecule has 120 valence electrons. The Morgan fingerprint density at radius 1 is 1.68 bits per heavy atom. The molecule has 1 heterocycles. The first-order valence-corrected chi connectivity index (χ1v) is 7.73. The zero-order valence-corrected chi connectivity index (χ0v) is 13.5. The Morgan fingerprint density at radius 2 is 2.41 bits per heavy atom. The van der Waals surface area contributed by atoms with E-state index in [2.05, 4.69) is 11.9 Å². The SMILES string of the molecule is C/C=C\C=C(/C)n1cnc(C2(C(=O)O)CC2CC(C)CN)c1. The van der Waals surface area contributed by atoms with E-state index in [-0.39, 0.29) is 5.92 Å². The summed E-state index contributed by atoms with van der Waals surface area (Å²) in [6.07, 6.45) is 10.9. The molecule has 2 rings (SSSR count). The Labute approximate surface area is 131 Å². The van der Waals surface area contributed by atoms with Crippen molar-refractivity contribution in [3.8, 4) is 0 Å². The predicted octanol–water partition coefficient (Wildman–Crippen LogP) is 2.65. The molecule has 1 aliphatic rings. The molecule has 22 heavy (non-hydrogen) atoms. The van der Waals surface area contributed by atoms with Crippen LogP contribution in [0.15, 0.2) is 30.8 Å². The molecule has 0 bridgehead atoms. The Hall–Kier alpha value is -1.88. The van der Waals surface area contributed by atoms with Gasteiger partial charge < -0.3 is 15.4 Å². The van der Waals surface area contributed by atoms with E-state index in [1.54, 1.807) is 6.33 Å². The third-order valence-corrected chi connectivity index (χ3v) is 4.55. The van der Waals surface area contributed by atoms with Gasteiger partial charge in [-0.1, -0.05) is 19.1 Å². The van der Waals surface area contributed by atoms with Crippen LogP contribution in [0.25, 0.3) is 5.70 Å². The number of carboxylic acids is 1. The van der Waals surface area contributed by atoms with Gasteiger partial charge in [-0.15, -0.1) is 0 Å². The van der Waals surface area contributed by atoms with E-state index in [4.69, 9.17) is 5.73 Å². The molecule has 0 spiro atoms. The zero-order chi connectivity index (χ0) is 16.3. The molecule has 1 aliphatic carbocycles. The maximum Gasteiger partial charge on any atom is 0.316 e. The van der Waals surface area contributed by atoms with Gasteiger partial charge in [0.25, 0.3) is 0 Å². The first-order chi connectivity index (χ1) is 10.5. The molecule has 5 heteroatoms. The van der Waals surface area contributed by atoms with E-state index < -0.39 is 11.4 Å². The van der Waals surface area contributed by atoms with Gasteiger partial charge >= 0.3 is 5.97 Å². The van der Waals surface area contributed by atoms with Crippen molar-refractivity contribution in [2.75, 3.05) is 6.54 Å². The minimum atomic E-state index is -0.824. The van der Waals surface area contributed by atoms with Gasteiger partial charge in [0.05, 0.1) is 12.0 Å². The van der Waals surface area contributed by atoms with Crippen molar-refractivity contribution in [1.82, 2.24) is 9.55 Å². The Bertz CT molecular complexity index is 603. The molecule has 0 radical (unpaired) electrons. The largest absolute Gasteiger partial charge is 0.481 e. The maximum absolute atomic E-state index is 11.8. The summed E-state index contributed by atoms with van der Waals surface area (Å²) in [6.45, 7) is 6.58. The number of nitrogens with two attached hydrogens (primary N) is 1. The van der Waals surface area contributed by atoms with E-state index in [0.717, 1.165) is 12.1 Å². The summed E-state index contributed by atoms with van der Waals surface area (Å²) in [5, 5.41) is 9.70. The van der Waals surface area contributed by atoms with Crippen LogP contribution in [0, 0.1) is 11.8 Å². The molecule has 3 unspecified atom stereocenters. The third kappa shape index (κ3) is 2.99. The second kappa shape index (κ2) is 6.48. The number of hydrogen-bond acceptors (Lipinski definition) is 3. The molecule has 0 aliphatic heterocycles. The fraction of sp³-hybridized carbons (Fsp3) is 0.529. The van der Waals surface area contributed by atoms with Crippen LogP contribution in [-0.2, 0) is 10.2 Å². The van der Waals surface area contributed by atoms with Crippen LogP contribution in [0.3, 0.4) is 0 Å². The molecule has 1 fully saturated rings. The van der Waals surface area contributed by atoms with Gasteiger partial charge in [0, 0.05) is 11.9 Å². The average Bonchev–Trinajstić information content (AvgIpc) is 3.00. The van der Waals surface area contributed by atoms with Crippen molar-refractivity contribution in [2.45, 2.75) is 39.0 Å². The van der Waals surface area contributed by atoms with Crippen LogP contribution < -0.4 is 5.73 Å². The minimum absolute atomic E-state index is 0.131. The van der Waals surface area contributed by atoms with Gasteiger partial charge in [-0.2, -0.15) is 0 Å². The first-order valence-electron chi connectivity index (χ1n) is 7.73. The van der Waals surface area contributed by atoms with Crippen molar-refractivity contribution in [3.05, 3.63) is 36.4 Å². The second-order valence-electron chi connectivity index (χ2n) is 6.25. The number of nitrogens with zero attached hydrogens (tertiary/aromatic N) is 2. The topological polar surface area (TPSA) is 81.1 Å². The number of aromatic nitrogens is 2. The van der Waals surface area contributed by atoms with Gasteiger partial charge in [0.2, 0.25) is 0 Å². The Kier molecular flexibility index (Phi) is 4.86. The lowest BCUT2D eigenvalue weighted by Crippen LogP contribution is -2.24. The average molecular weight is 303 g/mol. The lowest BCUT2D eigenvalue weighted by molar-refractivity contribution is -0.140. The predicted molar refractivity (Wildman–Crippen MR) is 87.2 cm³/mol. The molecular weight excluding hydrogens is 278 g/mol. The molecule has 5 nitrogen and oxygen atoms in total. The lowest BCUT2D eigenvalue weighted by Gasteiger charge is -2.12. The van der Waals surface area contributed by atoms with Gasteiger partial charge in [0.15, 0.2) is 0 Å². The monoisotopic (exact) mass is 303 g/mol. The minimum Gasteiger partial charge on any atom is -0.481 e. The number of hydrogen-bond donors (Lipinski definition) is 2. The van der Waals surface area contributed by atoms with E-state index in [0.29, 0.717) is 24.6 Å². The highest BCUT2D eigenvalue weighted by atomic mass is 16.4. The highest BCUT2D eigenvalue weighted by Gasteiger charge is 2.62. The van der Waals surface area contributed by atoms with Crippen LogP contribution in [0.2, 0.25) is 0 Å². The highest BCUT2D eigenvalue weighted by Crippen LogP contribution is 2.56. The van der Waals surface area contributed by atoms with Gasteiger partial charge in [0.1, 0.15) is 5.41 Å². The van der Waals surface area contributed by atoms with Crippen LogP contribution in [0.5, 0.6) is 0 Å². The normalized spacial score (nSPS) is 26.4. The van der Waals surface area contributed by atoms with Gasteiger partial charge in [-0.25, -0.2) is 4.98 Å². The molecule has 0 saturated heterocycles. The summed E-state index contributed by atoms with van der Waals surface area (Å²) in [5.41, 5.74) is 6.50. The van der Waals surface area contributed by atoms with E-state index in [1.165, 1.54) is 0 Å². The summed E-state index contributed by atoms with van der Waals surface area (Å²) in [6, 6.07) is 0. The van der Waals surface area contributed by atoms with Crippen molar-refractivity contribution in [3.63, 3.8) is 0 Å². The molecule has 0 amide bonds. The Morgan fingerprint density at radius 3 is 3.00 bits per heavy atom. The van der Waals surface area contributed by atoms with E-state index >= 15 is 0 Å². The summed E-state index contributed by atoms with van der Waals surface area (Å²) < 4.78 is 1.88. The van der Waals surface area contributed by atoms with Crippen molar-refractivity contribution in [1.29, 1.82) is 0 Å². The van der Waals surface area contributed by atoms with Crippen LogP contribution in [-0.4, -0.2) is 27.2 Å². The van der Waals surface area contributed by atoms with Crippen LogP contribution in [0.1, 0.15) is 39.3 Å². The van der Waals surface area contributed by atoms with E-state index in [1.807, 2.05) is 42.8 Å². The molecule has 0 aromatic carbocycles. The number of allylic oxidation sites excluding steroid dienone is 4. The molecule has 1 aromatic heterocycles.